The number of non-ortho nitro benzene ring substituents is 1. The third kappa shape index (κ3) is 3.97. The number of hydrogen-bond acceptors (Lipinski definition) is 8. The van der Waals surface area contributed by atoms with Gasteiger partial charge in [-0.3, -0.25) is 14.9 Å². The van der Waals surface area contributed by atoms with Crippen LogP contribution in [0.3, 0.4) is 0 Å². The highest BCUT2D eigenvalue weighted by atomic mass is 16.6. The number of nitrogens with zero attached hydrogens (tertiary/aromatic N) is 3. The molecule has 136 valence electrons. The molecule has 0 atom stereocenters. The average molecular weight is 360 g/mol. The van der Waals surface area contributed by atoms with E-state index < -0.39 is 23.4 Å². The summed E-state index contributed by atoms with van der Waals surface area (Å²) in [4.78, 5) is 36.6. The number of amides is 1. The van der Waals surface area contributed by atoms with E-state index in [1.165, 1.54) is 30.5 Å². The maximum absolute atomic E-state index is 12.4. The fourth-order valence-corrected chi connectivity index (χ4v) is 2.70. The molecule has 1 aromatic heterocycles. The molecule has 1 aliphatic rings. The number of esters is 1. The van der Waals surface area contributed by atoms with Crippen molar-refractivity contribution in [3.8, 4) is 0 Å². The molecule has 0 unspecified atom stereocenters. The van der Waals surface area contributed by atoms with Gasteiger partial charge in [0.1, 0.15) is 6.26 Å². The Balaban J connectivity index is 1.72. The molecular formula is C16H16N4O6. The first-order valence-corrected chi connectivity index (χ1v) is 7.95. The normalized spacial score (nSPS) is 13.5. The van der Waals surface area contributed by atoms with Gasteiger partial charge < -0.3 is 19.5 Å². The zero-order valence-electron chi connectivity index (χ0n) is 13.7. The van der Waals surface area contributed by atoms with Gasteiger partial charge in [-0.2, -0.15) is 0 Å². The molecule has 1 N–H and O–H groups in total. The summed E-state index contributed by atoms with van der Waals surface area (Å²) in [6, 6.07) is 5.49. The Hall–Kier alpha value is -3.43. The summed E-state index contributed by atoms with van der Waals surface area (Å²) in [6.45, 7) is 0.962. The standard InChI is InChI=1S/C16H16N4O6/c21-15(17-14-5-8-26-18-14)10-25-16(22)12-9-11(20(23)24)3-4-13(12)19-6-1-2-7-19/h3-5,8-9H,1-2,6-7,10H2,(H,17,18,21). The lowest BCUT2D eigenvalue weighted by Gasteiger charge is -2.20. The first-order valence-electron chi connectivity index (χ1n) is 7.95. The number of anilines is 2. The molecule has 2 aromatic rings. The van der Waals surface area contributed by atoms with Crippen molar-refractivity contribution in [2.75, 3.05) is 29.9 Å². The van der Waals surface area contributed by atoms with E-state index in [0.717, 1.165) is 25.9 Å². The van der Waals surface area contributed by atoms with Crippen LogP contribution in [0, 0.1) is 10.1 Å². The minimum Gasteiger partial charge on any atom is -0.452 e. The van der Waals surface area contributed by atoms with Crippen molar-refractivity contribution < 1.29 is 23.8 Å². The molecule has 26 heavy (non-hydrogen) atoms. The molecule has 0 spiro atoms. The zero-order valence-corrected chi connectivity index (χ0v) is 13.7. The molecule has 0 radical (unpaired) electrons. The van der Waals surface area contributed by atoms with E-state index in [4.69, 9.17) is 4.74 Å². The summed E-state index contributed by atoms with van der Waals surface area (Å²) in [7, 11) is 0. The van der Waals surface area contributed by atoms with Crippen LogP contribution >= 0.6 is 0 Å². The van der Waals surface area contributed by atoms with Gasteiger partial charge in [0.05, 0.1) is 16.2 Å². The molecule has 1 amide bonds. The Labute approximate surface area is 147 Å². The Morgan fingerprint density at radius 1 is 1.31 bits per heavy atom. The fraction of sp³-hybridized carbons (Fsp3) is 0.312. The first-order chi connectivity index (χ1) is 12.5. The topological polar surface area (TPSA) is 128 Å². The summed E-state index contributed by atoms with van der Waals surface area (Å²) in [5.41, 5.74) is 0.414. The highest BCUT2D eigenvalue weighted by Gasteiger charge is 2.24. The van der Waals surface area contributed by atoms with Gasteiger partial charge in [0.15, 0.2) is 12.4 Å². The summed E-state index contributed by atoms with van der Waals surface area (Å²) in [5, 5.41) is 16.9. The van der Waals surface area contributed by atoms with Gasteiger partial charge >= 0.3 is 5.97 Å². The van der Waals surface area contributed by atoms with Gasteiger partial charge in [-0.05, 0) is 18.9 Å². The molecule has 0 saturated carbocycles. The number of aromatic nitrogens is 1. The van der Waals surface area contributed by atoms with Crippen molar-refractivity contribution in [1.29, 1.82) is 0 Å². The maximum Gasteiger partial charge on any atom is 0.341 e. The Morgan fingerprint density at radius 2 is 2.08 bits per heavy atom. The van der Waals surface area contributed by atoms with Crippen LogP contribution in [0.1, 0.15) is 23.2 Å². The molecule has 3 rings (SSSR count). The van der Waals surface area contributed by atoms with Crippen LogP contribution in [0.4, 0.5) is 17.2 Å². The number of carbonyl (C=O) groups excluding carboxylic acids is 2. The smallest absolute Gasteiger partial charge is 0.341 e. The minimum atomic E-state index is -0.800. The number of rotatable bonds is 6. The number of carbonyl (C=O) groups is 2. The van der Waals surface area contributed by atoms with Crippen LogP contribution in [-0.4, -0.2) is 41.7 Å². The first kappa shape index (κ1) is 17.4. The number of nitro groups is 1. The molecule has 2 heterocycles. The largest absolute Gasteiger partial charge is 0.452 e. The lowest BCUT2D eigenvalue weighted by molar-refractivity contribution is -0.384. The molecular weight excluding hydrogens is 344 g/mol. The van der Waals surface area contributed by atoms with Crippen molar-refractivity contribution in [2.45, 2.75) is 12.8 Å². The third-order valence-corrected chi connectivity index (χ3v) is 3.90. The molecule has 10 heteroatoms. The van der Waals surface area contributed by atoms with Gasteiger partial charge in [0.25, 0.3) is 11.6 Å². The van der Waals surface area contributed by atoms with E-state index in [2.05, 4.69) is 15.0 Å². The molecule has 1 saturated heterocycles. The molecule has 0 bridgehead atoms. The van der Waals surface area contributed by atoms with Crippen LogP contribution in [0.15, 0.2) is 35.1 Å². The molecule has 10 nitrogen and oxygen atoms in total. The maximum atomic E-state index is 12.4. The van der Waals surface area contributed by atoms with E-state index in [0.29, 0.717) is 5.69 Å². The highest BCUT2D eigenvalue weighted by molar-refractivity contribution is 5.99. The Kier molecular flexibility index (Phi) is 5.11. The van der Waals surface area contributed by atoms with E-state index in [-0.39, 0.29) is 17.1 Å². The minimum absolute atomic E-state index is 0.0651. The number of benzene rings is 1. The van der Waals surface area contributed by atoms with Gasteiger partial charge in [0.2, 0.25) is 0 Å². The van der Waals surface area contributed by atoms with Crippen LogP contribution in [0.5, 0.6) is 0 Å². The second-order valence-corrected chi connectivity index (χ2v) is 5.66. The SMILES string of the molecule is O=C(COC(=O)c1cc([N+](=O)[O-])ccc1N1CCCC1)Nc1ccon1. The fourth-order valence-electron chi connectivity index (χ4n) is 2.70. The van der Waals surface area contributed by atoms with Crippen LogP contribution < -0.4 is 10.2 Å². The lowest BCUT2D eigenvalue weighted by Crippen LogP contribution is -2.24. The molecule has 1 aliphatic heterocycles. The third-order valence-electron chi connectivity index (χ3n) is 3.90. The van der Waals surface area contributed by atoms with Gasteiger partial charge in [0, 0.05) is 31.3 Å². The van der Waals surface area contributed by atoms with E-state index in [1.54, 1.807) is 0 Å². The quantitative estimate of drug-likeness (QED) is 0.470. The van der Waals surface area contributed by atoms with E-state index in [1.807, 2.05) is 4.90 Å². The number of hydrogen-bond donors (Lipinski definition) is 1. The average Bonchev–Trinajstić information content (AvgIpc) is 3.33. The Morgan fingerprint density at radius 3 is 2.73 bits per heavy atom. The van der Waals surface area contributed by atoms with E-state index in [9.17, 15) is 19.7 Å². The van der Waals surface area contributed by atoms with Gasteiger partial charge in [-0.25, -0.2) is 4.79 Å². The van der Waals surface area contributed by atoms with Crippen molar-refractivity contribution in [1.82, 2.24) is 5.16 Å². The van der Waals surface area contributed by atoms with Gasteiger partial charge in [-0.15, -0.1) is 0 Å². The summed E-state index contributed by atoms with van der Waals surface area (Å²) in [5.74, 6) is -1.20. The van der Waals surface area contributed by atoms with Crippen molar-refractivity contribution in [2.24, 2.45) is 0 Å². The van der Waals surface area contributed by atoms with Crippen LogP contribution in [0.25, 0.3) is 0 Å². The summed E-state index contributed by atoms with van der Waals surface area (Å²) < 4.78 is 9.59. The zero-order chi connectivity index (χ0) is 18.5. The molecule has 1 aromatic carbocycles. The van der Waals surface area contributed by atoms with Crippen molar-refractivity contribution in [3.05, 3.63) is 46.2 Å². The number of nitro benzene ring substituents is 1. The molecule has 0 aliphatic carbocycles. The summed E-state index contributed by atoms with van der Waals surface area (Å²) in [6.07, 6.45) is 3.24. The number of nitrogens with one attached hydrogen (secondary N) is 1. The predicted octanol–water partition coefficient (Wildman–Crippen LogP) is 1.98. The second kappa shape index (κ2) is 7.64. The highest BCUT2D eigenvalue weighted by Crippen LogP contribution is 2.29. The van der Waals surface area contributed by atoms with Crippen molar-refractivity contribution >= 4 is 29.1 Å². The Bertz CT molecular complexity index is 814. The molecule has 1 fully saturated rings. The second-order valence-electron chi connectivity index (χ2n) is 5.66. The van der Waals surface area contributed by atoms with Crippen LogP contribution in [-0.2, 0) is 9.53 Å². The predicted molar refractivity (Wildman–Crippen MR) is 90.0 cm³/mol. The van der Waals surface area contributed by atoms with Crippen molar-refractivity contribution in [3.63, 3.8) is 0 Å². The lowest BCUT2D eigenvalue weighted by atomic mass is 10.1. The number of ether oxygens (including phenoxy) is 1. The monoisotopic (exact) mass is 360 g/mol. The van der Waals surface area contributed by atoms with Gasteiger partial charge in [-0.1, -0.05) is 5.16 Å². The summed E-state index contributed by atoms with van der Waals surface area (Å²) >= 11 is 0. The van der Waals surface area contributed by atoms with Crippen LogP contribution in [0.2, 0.25) is 0 Å². The van der Waals surface area contributed by atoms with E-state index >= 15 is 0 Å².